The number of ether oxygens (including phenoxy) is 2. The topological polar surface area (TPSA) is 90.3 Å². The van der Waals surface area contributed by atoms with Gasteiger partial charge in [0.1, 0.15) is 19.0 Å². The Morgan fingerprint density at radius 2 is 1.86 bits per heavy atom. The van der Waals surface area contributed by atoms with Crippen molar-refractivity contribution in [2.75, 3.05) is 17.7 Å². The third-order valence-electron chi connectivity index (χ3n) is 5.89. The lowest BCUT2D eigenvalue weighted by atomic mass is 9.94. The smallest absolute Gasteiger partial charge is 0.255 e. The summed E-state index contributed by atoms with van der Waals surface area (Å²) in [5.41, 5.74) is 3.48. The molecule has 0 radical (unpaired) electrons. The fraction of sp³-hybridized carbons (Fsp3) is 0.148. The molecule has 0 saturated carbocycles. The largest absolute Gasteiger partial charge is 0.493 e. The minimum atomic E-state index is -0.614. The van der Waals surface area contributed by atoms with E-state index in [2.05, 4.69) is 20.7 Å². The van der Waals surface area contributed by atoms with Crippen molar-refractivity contribution >= 4 is 29.1 Å². The Morgan fingerprint density at radius 1 is 1.08 bits per heavy atom. The van der Waals surface area contributed by atoms with E-state index in [0.29, 0.717) is 46.0 Å². The van der Waals surface area contributed by atoms with Crippen LogP contribution in [0.15, 0.2) is 90.4 Å². The van der Waals surface area contributed by atoms with Crippen LogP contribution in [0.5, 0.6) is 11.5 Å². The van der Waals surface area contributed by atoms with Crippen molar-refractivity contribution in [2.45, 2.75) is 19.6 Å². The average molecular weight is 502 g/mol. The van der Waals surface area contributed by atoms with Crippen LogP contribution >= 0.6 is 11.6 Å². The first-order chi connectivity index (χ1) is 17.5. The highest BCUT2D eigenvalue weighted by Gasteiger charge is 2.36. The Hall–Kier alpha value is -4.30. The van der Waals surface area contributed by atoms with Gasteiger partial charge in [0.25, 0.3) is 5.91 Å². The van der Waals surface area contributed by atoms with Gasteiger partial charge in [0.05, 0.1) is 12.7 Å². The molecule has 8 nitrogen and oxygen atoms in total. The number of hydrogen-bond donors (Lipinski definition) is 2. The Bertz CT molecular complexity index is 1420. The van der Waals surface area contributed by atoms with Crippen LogP contribution in [0.4, 0.5) is 11.6 Å². The van der Waals surface area contributed by atoms with Gasteiger partial charge in [-0.25, -0.2) is 4.68 Å². The molecule has 0 unspecified atom stereocenters. The van der Waals surface area contributed by atoms with E-state index >= 15 is 0 Å². The molecule has 5 rings (SSSR count). The summed E-state index contributed by atoms with van der Waals surface area (Å²) in [4.78, 5) is 18.0. The maximum atomic E-state index is 13.6. The van der Waals surface area contributed by atoms with Crippen molar-refractivity contribution in [1.29, 1.82) is 0 Å². The van der Waals surface area contributed by atoms with Crippen molar-refractivity contribution < 1.29 is 14.3 Å². The summed E-state index contributed by atoms with van der Waals surface area (Å²) >= 11 is 6.01. The van der Waals surface area contributed by atoms with E-state index in [-0.39, 0.29) is 5.91 Å². The fourth-order valence-corrected chi connectivity index (χ4v) is 4.32. The molecule has 4 aromatic rings. The SMILES string of the molecule is COc1cccc([C@@H]2C(C(=O)Nc3ccc(Cl)cc3)=C(C)Nc3ncnn32)c1OCc1ccccc1. The van der Waals surface area contributed by atoms with Gasteiger partial charge >= 0.3 is 0 Å². The summed E-state index contributed by atoms with van der Waals surface area (Å²) in [6, 6.07) is 21.8. The number of allylic oxidation sites excluding steroid dienone is 1. The summed E-state index contributed by atoms with van der Waals surface area (Å²) in [6.45, 7) is 2.17. The molecule has 2 heterocycles. The standard InChI is InChI=1S/C27H24ClN5O3/c1-17-23(26(34)32-20-13-11-19(28)12-14-20)24(33-27(31-17)29-16-30-33)21-9-6-10-22(35-2)25(21)36-15-18-7-4-3-5-8-18/h3-14,16,24H,15H2,1-2H3,(H,32,34)(H,29,30,31)/t24-/m1/s1. The number of methoxy groups -OCH3 is 1. The quantitative estimate of drug-likeness (QED) is 0.350. The molecule has 0 fully saturated rings. The number of nitrogens with one attached hydrogen (secondary N) is 2. The lowest BCUT2D eigenvalue weighted by Gasteiger charge is -2.30. The molecule has 1 atom stereocenters. The van der Waals surface area contributed by atoms with Gasteiger partial charge in [0, 0.05) is 22.0 Å². The van der Waals surface area contributed by atoms with Crippen LogP contribution in [0.3, 0.4) is 0 Å². The Morgan fingerprint density at radius 3 is 2.61 bits per heavy atom. The second-order valence-electron chi connectivity index (χ2n) is 8.21. The monoisotopic (exact) mass is 501 g/mol. The lowest BCUT2D eigenvalue weighted by Crippen LogP contribution is -2.31. The molecule has 1 aliphatic heterocycles. The number of rotatable bonds is 7. The Balaban J connectivity index is 1.57. The molecular formula is C27H24ClN5O3. The molecule has 182 valence electrons. The van der Waals surface area contributed by atoms with Gasteiger partial charge in [-0.05, 0) is 42.8 Å². The zero-order chi connectivity index (χ0) is 25.1. The third kappa shape index (κ3) is 4.63. The highest BCUT2D eigenvalue weighted by atomic mass is 35.5. The number of fused-ring (bicyclic) bond motifs is 1. The molecule has 2 N–H and O–H groups in total. The Kier molecular flexibility index (Phi) is 6.60. The van der Waals surface area contributed by atoms with Crippen LogP contribution in [0.25, 0.3) is 0 Å². The first-order valence-corrected chi connectivity index (χ1v) is 11.7. The van der Waals surface area contributed by atoms with Gasteiger partial charge in [-0.1, -0.05) is 54.1 Å². The number of aromatic nitrogens is 3. The first kappa shape index (κ1) is 23.4. The zero-order valence-electron chi connectivity index (χ0n) is 19.7. The van der Waals surface area contributed by atoms with Crippen LogP contribution in [0, 0.1) is 0 Å². The minimum absolute atomic E-state index is 0.287. The van der Waals surface area contributed by atoms with Crippen LogP contribution < -0.4 is 20.1 Å². The molecule has 9 heteroatoms. The van der Waals surface area contributed by atoms with E-state index < -0.39 is 6.04 Å². The number of anilines is 2. The van der Waals surface area contributed by atoms with E-state index in [9.17, 15) is 4.79 Å². The Labute approximate surface area is 213 Å². The number of hydrogen-bond acceptors (Lipinski definition) is 6. The molecule has 36 heavy (non-hydrogen) atoms. The summed E-state index contributed by atoms with van der Waals surface area (Å²) in [5.74, 6) is 1.32. The summed E-state index contributed by atoms with van der Waals surface area (Å²) in [5, 5.41) is 11.2. The highest BCUT2D eigenvalue weighted by Crippen LogP contribution is 2.43. The van der Waals surface area contributed by atoms with Gasteiger partial charge in [-0.2, -0.15) is 10.1 Å². The summed E-state index contributed by atoms with van der Waals surface area (Å²) in [7, 11) is 1.59. The number of benzene rings is 3. The predicted molar refractivity (Wildman–Crippen MR) is 138 cm³/mol. The van der Waals surface area contributed by atoms with E-state index in [4.69, 9.17) is 21.1 Å². The van der Waals surface area contributed by atoms with E-state index in [1.54, 1.807) is 36.1 Å². The third-order valence-corrected chi connectivity index (χ3v) is 6.14. The maximum Gasteiger partial charge on any atom is 0.255 e. The highest BCUT2D eigenvalue weighted by molar-refractivity contribution is 6.30. The molecule has 0 bridgehead atoms. The van der Waals surface area contributed by atoms with E-state index in [1.807, 2.05) is 55.5 Å². The van der Waals surface area contributed by atoms with Gasteiger partial charge in [-0.3, -0.25) is 4.79 Å². The number of para-hydroxylation sites is 1. The van der Waals surface area contributed by atoms with E-state index in [1.165, 1.54) is 6.33 Å². The van der Waals surface area contributed by atoms with Crippen molar-refractivity contribution in [3.05, 3.63) is 107 Å². The number of nitrogens with zero attached hydrogens (tertiary/aromatic N) is 3. The zero-order valence-corrected chi connectivity index (χ0v) is 20.5. The first-order valence-electron chi connectivity index (χ1n) is 11.3. The van der Waals surface area contributed by atoms with E-state index in [0.717, 1.165) is 11.1 Å². The van der Waals surface area contributed by atoms with Crippen LogP contribution in [0.2, 0.25) is 5.02 Å². The molecule has 1 aliphatic rings. The molecule has 0 saturated heterocycles. The molecular weight excluding hydrogens is 478 g/mol. The second-order valence-corrected chi connectivity index (χ2v) is 8.64. The van der Waals surface area contributed by atoms with Gasteiger partial charge in [-0.15, -0.1) is 0 Å². The maximum absolute atomic E-state index is 13.6. The minimum Gasteiger partial charge on any atom is -0.493 e. The second kappa shape index (κ2) is 10.1. The van der Waals surface area contributed by atoms with Gasteiger partial charge in [0.2, 0.25) is 5.95 Å². The molecule has 0 spiro atoms. The van der Waals surface area contributed by atoms with Crippen LogP contribution in [-0.2, 0) is 11.4 Å². The number of amides is 1. The molecule has 0 aliphatic carbocycles. The fourth-order valence-electron chi connectivity index (χ4n) is 4.20. The molecule has 3 aromatic carbocycles. The molecule has 1 amide bonds. The van der Waals surface area contributed by atoms with Gasteiger partial charge in [0.15, 0.2) is 11.5 Å². The van der Waals surface area contributed by atoms with Crippen molar-refractivity contribution in [2.24, 2.45) is 0 Å². The number of carbonyl (C=O) groups excluding carboxylic acids is 1. The normalized spacial score (nSPS) is 14.6. The summed E-state index contributed by atoms with van der Waals surface area (Å²) in [6.07, 6.45) is 1.45. The van der Waals surface area contributed by atoms with Crippen molar-refractivity contribution in [3.8, 4) is 11.5 Å². The van der Waals surface area contributed by atoms with Gasteiger partial charge < -0.3 is 20.1 Å². The van der Waals surface area contributed by atoms with Crippen molar-refractivity contribution in [3.63, 3.8) is 0 Å². The predicted octanol–water partition coefficient (Wildman–Crippen LogP) is 5.45. The summed E-state index contributed by atoms with van der Waals surface area (Å²) < 4.78 is 13.6. The number of halogens is 1. The average Bonchev–Trinajstić information content (AvgIpc) is 3.36. The lowest BCUT2D eigenvalue weighted by molar-refractivity contribution is -0.113. The number of carbonyl (C=O) groups is 1. The van der Waals surface area contributed by atoms with Crippen LogP contribution in [0.1, 0.15) is 24.1 Å². The van der Waals surface area contributed by atoms with Crippen molar-refractivity contribution in [1.82, 2.24) is 14.8 Å². The molecule has 1 aromatic heterocycles. The van der Waals surface area contributed by atoms with Crippen LogP contribution in [-0.4, -0.2) is 27.8 Å².